The van der Waals surface area contributed by atoms with Gasteiger partial charge in [-0.05, 0) is 31.5 Å². The summed E-state index contributed by atoms with van der Waals surface area (Å²) in [6.45, 7) is 5.00. The number of nitro groups is 1. The number of hydrogen-bond donors (Lipinski definition) is 0. The van der Waals surface area contributed by atoms with E-state index in [4.69, 9.17) is 9.85 Å². The fourth-order valence-electron chi connectivity index (χ4n) is 4.68. The fraction of sp³-hybridized carbons (Fsp3) is 0.429. The van der Waals surface area contributed by atoms with Gasteiger partial charge in [-0.1, -0.05) is 22.9 Å². The summed E-state index contributed by atoms with van der Waals surface area (Å²) in [5, 5.41) is 22.5. The summed E-state index contributed by atoms with van der Waals surface area (Å²) in [4.78, 5) is 14.4. The summed E-state index contributed by atoms with van der Waals surface area (Å²) in [6, 6.07) is 13.2. The maximum Gasteiger partial charge on any atom is 0.269 e. The summed E-state index contributed by atoms with van der Waals surface area (Å²) in [5.41, 5.74) is 2.71. The Morgan fingerprint density at radius 2 is 1.97 bits per heavy atom. The van der Waals surface area contributed by atoms with Crippen LogP contribution in [0.5, 0.6) is 0 Å². The molecule has 5 rings (SSSR count). The molecular weight excluding hydrogens is 402 g/mol. The Kier molecular flexibility index (Phi) is 4.96. The molecule has 0 radical (unpaired) electrons. The van der Waals surface area contributed by atoms with Crippen molar-refractivity contribution in [2.75, 3.05) is 37.1 Å². The van der Waals surface area contributed by atoms with Crippen molar-refractivity contribution < 1.29 is 9.66 Å². The van der Waals surface area contributed by atoms with E-state index in [9.17, 15) is 10.1 Å². The van der Waals surface area contributed by atoms with Gasteiger partial charge in [0.1, 0.15) is 6.04 Å². The van der Waals surface area contributed by atoms with Gasteiger partial charge in [0, 0.05) is 41.4 Å². The monoisotopic (exact) mass is 425 g/mol. The highest BCUT2D eigenvalue weighted by atomic mass is 32.2. The van der Waals surface area contributed by atoms with Gasteiger partial charge in [-0.25, -0.2) is 5.01 Å². The van der Waals surface area contributed by atoms with E-state index in [2.05, 4.69) is 35.2 Å². The molecule has 0 saturated carbocycles. The van der Waals surface area contributed by atoms with Gasteiger partial charge in [0.05, 0.1) is 23.8 Å². The molecule has 3 heterocycles. The molecule has 2 atom stereocenters. The highest BCUT2D eigenvalue weighted by Crippen LogP contribution is 2.51. The number of anilines is 1. The van der Waals surface area contributed by atoms with Gasteiger partial charge in [-0.2, -0.15) is 5.11 Å². The number of aryl methyl sites for hydroxylation is 1. The molecule has 0 spiro atoms. The molecule has 2 unspecified atom stereocenters. The van der Waals surface area contributed by atoms with Crippen LogP contribution in [0.1, 0.15) is 17.5 Å². The van der Waals surface area contributed by atoms with Crippen LogP contribution in [-0.2, 0) is 10.4 Å². The van der Waals surface area contributed by atoms with Crippen molar-refractivity contribution in [3.63, 3.8) is 0 Å². The standard InChI is InChI=1S/C21H23N5O3S/c1-15-2-7-19-18(14-15)21(24-9-11-29-12-10-24)20(8-13-30-19)22-23-25(21)16-3-5-17(6-4-16)26(27)28/h2-7,14,20H,8-13H2,1H3. The minimum absolute atomic E-state index is 0.0265. The summed E-state index contributed by atoms with van der Waals surface area (Å²) >= 11 is 1.87. The molecular formula is C21H23N5O3S. The third-order valence-corrected chi connectivity index (χ3v) is 7.15. The fourth-order valence-corrected chi connectivity index (χ4v) is 5.77. The van der Waals surface area contributed by atoms with Crippen LogP contribution in [0.3, 0.4) is 0 Å². The molecule has 2 aromatic rings. The summed E-state index contributed by atoms with van der Waals surface area (Å²) in [5.74, 6) is 0.972. The molecule has 0 amide bonds. The molecule has 156 valence electrons. The number of nitro benzene ring substituents is 1. The Hall–Kier alpha value is -2.49. The number of non-ortho nitro benzene ring substituents is 1. The zero-order valence-corrected chi connectivity index (χ0v) is 17.5. The molecule has 0 bridgehead atoms. The second-order valence-electron chi connectivity index (χ2n) is 7.77. The Morgan fingerprint density at radius 3 is 2.70 bits per heavy atom. The summed E-state index contributed by atoms with van der Waals surface area (Å²) in [7, 11) is 0. The number of nitrogens with zero attached hydrogens (tertiary/aromatic N) is 5. The van der Waals surface area contributed by atoms with Crippen LogP contribution in [0.25, 0.3) is 0 Å². The first-order valence-corrected chi connectivity index (χ1v) is 11.1. The predicted octanol–water partition coefficient (Wildman–Crippen LogP) is 4.14. The highest BCUT2D eigenvalue weighted by Gasteiger charge is 2.56. The molecule has 8 nitrogen and oxygen atoms in total. The summed E-state index contributed by atoms with van der Waals surface area (Å²) in [6.07, 6.45) is 0.905. The van der Waals surface area contributed by atoms with Crippen molar-refractivity contribution >= 4 is 23.1 Å². The van der Waals surface area contributed by atoms with Crippen molar-refractivity contribution in [1.29, 1.82) is 0 Å². The second kappa shape index (κ2) is 7.64. The molecule has 1 saturated heterocycles. The SMILES string of the molecule is Cc1ccc2c(c1)C1(N3CCOCC3)C(CCS2)N=NN1c1ccc([N+](=O)[O-])cc1. The Bertz CT molecular complexity index is 993. The first kappa shape index (κ1) is 19.5. The number of ether oxygens (including phenoxy) is 1. The van der Waals surface area contributed by atoms with Crippen LogP contribution in [0.15, 0.2) is 57.7 Å². The zero-order valence-electron chi connectivity index (χ0n) is 16.7. The Labute approximate surface area is 179 Å². The quantitative estimate of drug-likeness (QED) is 0.543. The van der Waals surface area contributed by atoms with Gasteiger partial charge in [-0.3, -0.25) is 15.0 Å². The van der Waals surface area contributed by atoms with Gasteiger partial charge in [0.25, 0.3) is 5.69 Å². The molecule has 2 aromatic carbocycles. The van der Waals surface area contributed by atoms with E-state index < -0.39 is 5.66 Å². The molecule has 0 N–H and O–H groups in total. The maximum absolute atomic E-state index is 11.1. The van der Waals surface area contributed by atoms with E-state index in [1.54, 1.807) is 12.1 Å². The number of hydrogen-bond acceptors (Lipinski definition) is 8. The van der Waals surface area contributed by atoms with Crippen molar-refractivity contribution in [2.24, 2.45) is 10.3 Å². The van der Waals surface area contributed by atoms with Crippen molar-refractivity contribution in [1.82, 2.24) is 4.90 Å². The smallest absolute Gasteiger partial charge is 0.269 e. The average Bonchev–Trinajstić information content (AvgIpc) is 3.07. The van der Waals surface area contributed by atoms with Crippen molar-refractivity contribution in [3.8, 4) is 0 Å². The molecule has 3 aliphatic heterocycles. The minimum Gasteiger partial charge on any atom is -0.379 e. The maximum atomic E-state index is 11.1. The number of morpholine rings is 1. The van der Waals surface area contributed by atoms with Crippen LogP contribution >= 0.6 is 11.8 Å². The first-order valence-electron chi connectivity index (χ1n) is 10.1. The highest BCUT2D eigenvalue weighted by molar-refractivity contribution is 7.99. The molecule has 0 aliphatic carbocycles. The van der Waals surface area contributed by atoms with Crippen molar-refractivity contribution in [2.45, 2.75) is 29.9 Å². The average molecular weight is 426 g/mol. The zero-order chi connectivity index (χ0) is 20.7. The third kappa shape index (κ3) is 3.00. The van der Waals surface area contributed by atoms with Gasteiger partial charge in [0.2, 0.25) is 0 Å². The number of benzene rings is 2. The third-order valence-electron chi connectivity index (χ3n) is 6.05. The lowest BCUT2D eigenvalue weighted by atomic mass is 9.86. The van der Waals surface area contributed by atoms with Crippen LogP contribution in [0.2, 0.25) is 0 Å². The number of thioether (sulfide) groups is 1. The molecule has 1 fully saturated rings. The topological polar surface area (TPSA) is 83.6 Å². The minimum atomic E-state index is -0.565. The van der Waals surface area contributed by atoms with Gasteiger partial charge in [0.15, 0.2) is 5.66 Å². The number of rotatable bonds is 3. The van der Waals surface area contributed by atoms with Gasteiger partial charge < -0.3 is 4.74 Å². The number of fused-ring (bicyclic) bond motifs is 3. The molecule has 30 heavy (non-hydrogen) atoms. The van der Waals surface area contributed by atoms with Crippen molar-refractivity contribution in [3.05, 3.63) is 63.7 Å². The molecule has 3 aliphatic rings. The van der Waals surface area contributed by atoms with Crippen LogP contribution in [0.4, 0.5) is 11.4 Å². The predicted molar refractivity (Wildman–Crippen MR) is 115 cm³/mol. The van der Waals surface area contributed by atoms with E-state index in [0.717, 1.165) is 31.0 Å². The van der Waals surface area contributed by atoms with E-state index in [1.807, 2.05) is 16.8 Å². The lowest BCUT2D eigenvalue weighted by molar-refractivity contribution is -0.384. The van der Waals surface area contributed by atoms with E-state index in [-0.39, 0.29) is 16.7 Å². The lowest BCUT2D eigenvalue weighted by Crippen LogP contribution is -2.62. The normalized spacial score (nSPS) is 26.2. The largest absolute Gasteiger partial charge is 0.379 e. The van der Waals surface area contributed by atoms with Gasteiger partial charge in [-0.15, -0.1) is 11.8 Å². The van der Waals surface area contributed by atoms with E-state index in [0.29, 0.717) is 13.2 Å². The second-order valence-corrected chi connectivity index (χ2v) is 8.91. The van der Waals surface area contributed by atoms with Crippen LogP contribution in [0, 0.1) is 17.0 Å². The summed E-state index contributed by atoms with van der Waals surface area (Å²) < 4.78 is 5.66. The van der Waals surface area contributed by atoms with Crippen LogP contribution < -0.4 is 5.01 Å². The molecule has 9 heteroatoms. The Balaban J connectivity index is 1.70. The van der Waals surface area contributed by atoms with E-state index in [1.165, 1.54) is 28.2 Å². The van der Waals surface area contributed by atoms with Gasteiger partial charge >= 0.3 is 0 Å². The Morgan fingerprint density at radius 1 is 1.20 bits per heavy atom. The molecule has 0 aromatic heterocycles. The van der Waals surface area contributed by atoms with E-state index >= 15 is 0 Å². The first-order chi connectivity index (χ1) is 14.6. The lowest BCUT2D eigenvalue weighted by Gasteiger charge is -2.49. The van der Waals surface area contributed by atoms with Crippen LogP contribution in [-0.4, -0.2) is 47.9 Å².